The van der Waals surface area contributed by atoms with Gasteiger partial charge < -0.3 is 15.0 Å². The molecule has 2 saturated carbocycles. The summed E-state index contributed by atoms with van der Waals surface area (Å²) in [5.41, 5.74) is -0.490. The number of hydrogen-bond donors (Lipinski definition) is 1. The first kappa shape index (κ1) is 15.8. The zero-order valence-electron chi connectivity index (χ0n) is 13.3. The smallest absolute Gasteiger partial charge is 0.327 e. The quantitative estimate of drug-likeness (QED) is 0.657. The lowest BCUT2D eigenvalue weighted by Gasteiger charge is -2.39. The molecular weight excluding hydrogens is 252 g/mol. The highest BCUT2D eigenvalue weighted by atomic mass is 16.5. The Balaban J connectivity index is 2.02. The molecular formula is C16H30N2O2. The van der Waals surface area contributed by atoms with Crippen LogP contribution in [-0.4, -0.2) is 49.7 Å². The highest BCUT2D eigenvalue weighted by Gasteiger charge is 2.51. The van der Waals surface area contributed by atoms with E-state index in [-0.39, 0.29) is 5.97 Å². The largest absolute Gasteiger partial charge is 0.465 e. The summed E-state index contributed by atoms with van der Waals surface area (Å²) in [5.74, 6) is 1.23. The molecule has 0 bridgehead atoms. The molecule has 2 fully saturated rings. The van der Waals surface area contributed by atoms with E-state index >= 15 is 0 Å². The minimum atomic E-state index is -0.490. The molecule has 4 nitrogen and oxygen atoms in total. The number of esters is 1. The zero-order valence-corrected chi connectivity index (χ0v) is 13.3. The molecule has 2 aliphatic carbocycles. The molecule has 20 heavy (non-hydrogen) atoms. The molecule has 2 aliphatic rings. The molecule has 0 aromatic heterocycles. The lowest BCUT2D eigenvalue weighted by Crippen LogP contribution is -2.60. The maximum Gasteiger partial charge on any atom is 0.327 e. The van der Waals surface area contributed by atoms with E-state index in [2.05, 4.69) is 17.1 Å². The number of hydrogen-bond acceptors (Lipinski definition) is 4. The second-order valence-corrected chi connectivity index (χ2v) is 6.34. The molecule has 1 atom stereocenters. The standard InChI is InChI=1S/C16H30N2O2/c1-4-18(11-13-7-6-8-13)12-16(17-3,14-9-10-14)15(19)20-5-2/h13-14,17H,4-12H2,1-3H3. The van der Waals surface area contributed by atoms with Crippen molar-refractivity contribution in [3.8, 4) is 0 Å². The van der Waals surface area contributed by atoms with Crippen LogP contribution in [0.1, 0.15) is 46.0 Å². The summed E-state index contributed by atoms with van der Waals surface area (Å²) in [5, 5.41) is 3.32. The lowest BCUT2D eigenvalue weighted by atomic mass is 9.84. The van der Waals surface area contributed by atoms with Crippen LogP contribution in [0.25, 0.3) is 0 Å². The van der Waals surface area contributed by atoms with Crippen molar-refractivity contribution in [2.75, 3.05) is 33.3 Å². The second kappa shape index (κ2) is 6.90. The molecule has 1 N–H and O–H groups in total. The van der Waals surface area contributed by atoms with E-state index in [0.29, 0.717) is 12.5 Å². The van der Waals surface area contributed by atoms with Crippen LogP contribution < -0.4 is 5.32 Å². The number of carbonyl (C=O) groups excluding carboxylic acids is 1. The van der Waals surface area contributed by atoms with Gasteiger partial charge >= 0.3 is 5.97 Å². The molecule has 2 rings (SSSR count). The summed E-state index contributed by atoms with van der Waals surface area (Å²) in [6.45, 7) is 7.47. The van der Waals surface area contributed by atoms with Crippen molar-refractivity contribution in [2.24, 2.45) is 11.8 Å². The second-order valence-electron chi connectivity index (χ2n) is 6.34. The maximum absolute atomic E-state index is 12.5. The highest BCUT2D eigenvalue weighted by molar-refractivity contribution is 5.82. The Kier molecular flexibility index (Phi) is 5.44. The fourth-order valence-corrected chi connectivity index (χ4v) is 3.28. The summed E-state index contributed by atoms with van der Waals surface area (Å²) >= 11 is 0. The van der Waals surface area contributed by atoms with Crippen LogP contribution in [-0.2, 0) is 9.53 Å². The normalized spacial score (nSPS) is 22.4. The molecule has 0 aliphatic heterocycles. The van der Waals surface area contributed by atoms with Gasteiger partial charge in [-0.1, -0.05) is 13.3 Å². The Labute approximate surface area is 123 Å². The van der Waals surface area contributed by atoms with Crippen LogP contribution in [0.3, 0.4) is 0 Å². The van der Waals surface area contributed by atoms with E-state index in [1.165, 1.54) is 19.3 Å². The van der Waals surface area contributed by atoms with Crippen LogP contribution in [0.15, 0.2) is 0 Å². The van der Waals surface area contributed by atoms with Crippen molar-refractivity contribution in [3.05, 3.63) is 0 Å². The third kappa shape index (κ3) is 3.34. The highest BCUT2D eigenvalue weighted by Crippen LogP contribution is 2.41. The molecule has 0 heterocycles. The van der Waals surface area contributed by atoms with Gasteiger partial charge in [0.25, 0.3) is 0 Å². The van der Waals surface area contributed by atoms with E-state index < -0.39 is 5.54 Å². The first-order chi connectivity index (χ1) is 9.66. The lowest BCUT2D eigenvalue weighted by molar-refractivity contribution is -0.153. The summed E-state index contributed by atoms with van der Waals surface area (Å²) in [4.78, 5) is 14.9. The average molecular weight is 282 g/mol. The molecule has 116 valence electrons. The van der Waals surface area contributed by atoms with Crippen molar-refractivity contribution in [2.45, 2.75) is 51.5 Å². The molecule has 0 radical (unpaired) electrons. The predicted octanol–water partition coefficient (Wildman–Crippen LogP) is 2.04. The zero-order chi connectivity index (χ0) is 14.6. The first-order valence-electron chi connectivity index (χ1n) is 8.24. The summed E-state index contributed by atoms with van der Waals surface area (Å²) in [6.07, 6.45) is 6.36. The molecule has 0 saturated heterocycles. The fourth-order valence-electron chi connectivity index (χ4n) is 3.28. The van der Waals surface area contributed by atoms with Gasteiger partial charge in [0.1, 0.15) is 5.54 Å². The molecule has 0 spiro atoms. The van der Waals surface area contributed by atoms with Gasteiger partial charge in [-0.3, -0.25) is 0 Å². The third-order valence-corrected chi connectivity index (χ3v) is 5.02. The van der Waals surface area contributed by atoms with Gasteiger partial charge in [-0.05, 0) is 58.0 Å². The van der Waals surface area contributed by atoms with Crippen molar-refractivity contribution in [3.63, 3.8) is 0 Å². The SMILES string of the molecule is CCOC(=O)C(CN(CC)CC1CCC1)(NC)C1CC1. The summed E-state index contributed by atoms with van der Waals surface area (Å²) < 4.78 is 5.36. The van der Waals surface area contributed by atoms with Gasteiger partial charge in [0.05, 0.1) is 6.61 Å². The number of carbonyl (C=O) groups is 1. The minimum Gasteiger partial charge on any atom is -0.465 e. The Morgan fingerprint density at radius 1 is 1.30 bits per heavy atom. The van der Waals surface area contributed by atoms with Gasteiger partial charge in [-0.15, -0.1) is 0 Å². The van der Waals surface area contributed by atoms with E-state index in [1.54, 1.807) is 0 Å². The van der Waals surface area contributed by atoms with Crippen molar-refractivity contribution < 1.29 is 9.53 Å². The number of likely N-dealkylation sites (N-methyl/N-ethyl adjacent to an activating group) is 2. The van der Waals surface area contributed by atoms with Crippen molar-refractivity contribution >= 4 is 5.97 Å². The number of nitrogens with zero attached hydrogens (tertiary/aromatic N) is 1. The average Bonchev–Trinajstić information content (AvgIpc) is 3.22. The van der Waals surface area contributed by atoms with Gasteiger partial charge in [0.15, 0.2) is 0 Å². The third-order valence-electron chi connectivity index (χ3n) is 5.02. The Hall–Kier alpha value is -0.610. The van der Waals surface area contributed by atoms with Crippen LogP contribution in [0.2, 0.25) is 0 Å². The fraction of sp³-hybridized carbons (Fsp3) is 0.938. The van der Waals surface area contributed by atoms with E-state index in [0.717, 1.165) is 38.4 Å². The molecule has 1 unspecified atom stereocenters. The molecule has 0 amide bonds. The van der Waals surface area contributed by atoms with Crippen LogP contribution >= 0.6 is 0 Å². The van der Waals surface area contributed by atoms with Crippen LogP contribution in [0.4, 0.5) is 0 Å². The van der Waals surface area contributed by atoms with Crippen molar-refractivity contribution in [1.29, 1.82) is 0 Å². The number of nitrogens with one attached hydrogen (secondary N) is 1. The maximum atomic E-state index is 12.5. The van der Waals surface area contributed by atoms with Crippen LogP contribution in [0.5, 0.6) is 0 Å². The van der Waals surface area contributed by atoms with Gasteiger partial charge in [-0.2, -0.15) is 0 Å². The van der Waals surface area contributed by atoms with Gasteiger partial charge in [-0.25, -0.2) is 4.79 Å². The first-order valence-corrected chi connectivity index (χ1v) is 8.24. The Morgan fingerprint density at radius 2 is 2.00 bits per heavy atom. The van der Waals surface area contributed by atoms with E-state index in [1.807, 2.05) is 14.0 Å². The molecule has 0 aromatic rings. The number of ether oxygens (including phenoxy) is 1. The van der Waals surface area contributed by atoms with E-state index in [4.69, 9.17) is 4.74 Å². The number of rotatable bonds is 9. The summed E-state index contributed by atoms with van der Waals surface area (Å²) in [6, 6.07) is 0. The minimum absolute atomic E-state index is 0.0583. The van der Waals surface area contributed by atoms with Gasteiger partial charge in [0.2, 0.25) is 0 Å². The molecule has 4 heteroatoms. The summed E-state index contributed by atoms with van der Waals surface area (Å²) in [7, 11) is 1.91. The van der Waals surface area contributed by atoms with Crippen LogP contribution in [0, 0.1) is 11.8 Å². The Bertz CT molecular complexity index is 326. The predicted molar refractivity (Wildman–Crippen MR) is 80.6 cm³/mol. The van der Waals surface area contributed by atoms with E-state index in [9.17, 15) is 4.79 Å². The molecule has 0 aromatic carbocycles. The van der Waals surface area contributed by atoms with Crippen molar-refractivity contribution in [1.82, 2.24) is 10.2 Å². The topological polar surface area (TPSA) is 41.6 Å². The Morgan fingerprint density at radius 3 is 2.40 bits per heavy atom. The monoisotopic (exact) mass is 282 g/mol. The van der Waals surface area contributed by atoms with Gasteiger partial charge in [0, 0.05) is 13.1 Å².